The fraction of sp³-hybridized carbons (Fsp3) is 0.0909. The highest BCUT2D eigenvalue weighted by atomic mass is 32.3. The molecule has 0 amide bonds. The second-order valence-electron chi connectivity index (χ2n) is 3.75. The first-order valence-electron chi connectivity index (χ1n) is 5.31. The summed E-state index contributed by atoms with van der Waals surface area (Å²) in [5, 5.41) is -0.997. The van der Waals surface area contributed by atoms with Crippen LogP contribution in [0, 0.1) is 0 Å². The molecule has 0 radical (unpaired) electrons. The maximum atomic E-state index is 12.0. The van der Waals surface area contributed by atoms with Gasteiger partial charge in [0.1, 0.15) is 0 Å². The van der Waals surface area contributed by atoms with Crippen molar-refractivity contribution < 1.29 is 30.3 Å². The lowest BCUT2D eigenvalue weighted by Gasteiger charge is -1.98. The summed E-state index contributed by atoms with van der Waals surface area (Å²) in [6.45, 7) is 0. The number of hydrogen-bond donors (Lipinski definition) is 0. The van der Waals surface area contributed by atoms with Crippen molar-refractivity contribution in [2.24, 2.45) is 0 Å². The molecule has 9 heteroatoms. The average molecular weight is 317 g/mol. The lowest BCUT2D eigenvalue weighted by Crippen LogP contribution is -2.52. The minimum Gasteiger partial charge on any atom is -0.870 e. The molecule has 0 saturated carbocycles. The lowest BCUT2D eigenvalue weighted by atomic mass is 10.5. The van der Waals surface area contributed by atoms with E-state index < -0.39 is 25.1 Å². The van der Waals surface area contributed by atoms with Crippen LogP contribution < -0.4 is 7.94 Å². The monoisotopic (exact) mass is 317 g/mol. The van der Waals surface area contributed by atoms with E-state index in [0.717, 1.165) is 7.94 Å². The molecule has 108 valence electrons. The first kappa shape index (κ1) is 16.2. The van der Waals surface area contributed by atoms with Crippen molar-refractivity contribution in [1.29, 1.82) is 0 Å². The maximum absolute atomic E-state index is 12.0. The van der Waals surface area contributed by atoms with E-state index in [0.29, 0.717) is 0 Å². The van der Waals surface area contributed by atoms with Gasteiger partial charge in [-0.25, -0.2) is 0 Å². The Morgan fingerprint density at radius 3 is 1.20 bits per heavy atom. The molecule has 2 rings (SSSR count). The Morgan fingerprint density at radius 1 is 0.600 bits per heavy atom. The van der Waals surface area contributed by atoms with Gasteiger partial charge in [-0.05, 0) is 0 Å². The van der Waals surface area contributed by atoms with Gasteiger partial charge in [-0.2, -0.15) is 16.8 Å². The van der Waals surface area contributed by atoms with Crippen LogP contribution in [0.4, 0.5) is 0 Å². The van der Waals surface area contributed by atoms with Gasteiger partial charge in [0.2, 0.25) is 0 Å². The Kier molecular flexibility index (Phi) is 4.93. The van der Waals surface area contributed by atoms with Crippen molar-refractivity contribution in [3.63, 3.8) is 0 Å². The van der Waals surface area contributed by atoms with Gasteiger partial charge < -0.3 is 5.48 Å². The topological polar surface area (TPSA) is 106 Å². The molecule has 0 aliphatic carbocycles. The van der Waals surface area contributed by atoms with Crippen LogP contribution in [0.5, 0.6) is 0 Å². The second-order valence-corrected chi connectivity index (χ2v) is 7.87. The Labute approximate surface area is 117 Å². The highest BCUT2D eigenvalue weighted by molar-refractivity contribution is 8.02. The molecule has 0 fully saturated rings. The van der Waals surface area contributed by atoms with E-state index in [1.54, 1.807) is 12.1 Å². The SMILES string of the molecule is O=S(=O)(CS(=O)(=O)[n+]1ccccc1)[n+]1ccccc1.[OH-]. The third-order valence-corrected chi connectivity index (χ3v) is 6.47. The average Bonchev–Trinajstić information content (AvgIpc) is 2.40. The van der Waals surface area contributed by atoms with Crippen molar-refractivity contribution in [1.82, 2.24) is 0 Å². The van der Waals surface area contributed by atoms with Crippen LogP contribution in [0.2, 0.25) is 0 Å². The molecule has 2 aromatic heterocycles. The van der Waals surface area contributed by atoms with Crippen LogP contribution in [0.3, 0.4) is 0 Å². The summed E-state index contributed by atoms with van der Waals surface area (Å²) >= 11 is 0. The van der Waals surface area contributed by atoms with E-state index in [1.165, 1.54) is 49.1 Å². The molecule has 0 aliphatic heterocycles. The molecule has 7 nitrogen and oxygen atoms in total. The third kappa shape index (κ3) is 3.59. The highest BCUT2D eigenvalue weighted by Gasteiger charge is 2.35. The first-order chi connectivity index (χ1) is 8.92. The summed E-state index contributed by atoms with van der Waals surface area (Å²) in [4.78, 5) is 0. The summed E-state index contributed by atoms with van der Waals surface area (Å²) in [5.41, 5.74) is 0. The van der Waals surface area contributed by atoms with Crippen LogP contribution in [0.15, 0.2) is 61.2 Å². The zero-order chi connectivity index (χ0) is 13.9. The molecule has 0 unspecified atom stereocenters. The van der Waals surface area contributed by atoms with E-state index >= 15 is 0 Å². The van der Waals surface area contributed by atoms with Crippen LogP contribution in [-0.2, 0) is 20.0 Å². The fourth-order valence-corrected chi connectivity index (χ4v) is 4.95. The van der Waals surface area contributed by atoms with E-state index in [2.05, 4.69) is 0 Å². The van der Waals surface area contributed by atoms with Gasteiger partial charge in [-0.3, -0.25) is 0 Å². The lowest BCUT2D eigenvalue weighted by molar-refractivity contribution is -0.516. The summed E-state index contributed by atoms with van der Waals surface area (Å²) < 4.78 is 49.7. The Hall–Kier alpha value is -1.84. The van der Waals surface area contributed by atoms with E-state index in [1.807, 2.05) is 0 Å². The molecule has 0 bridgehead atoms. The van der Waals surface area contributed by atoms with Gasteiger partial charge in [-0.15, -0.1) is 0 Å². The third-order valence-electron chi connectivity index (χ3n) is 2.32. The quantitative estimate of drug-likeness (QED) is 0.679. The van der Waals surface area contributed by atoms with Crippen LogP contribution in [-0.4, -0.2) is 27.4 Å². The summed E-state index contributed by atoms with van der Waals surface area (Å²) in [6, 6.07) is 9.35. The predicted molar refractivity (Wildman–Crippen MR) is 68.7 cm³/mol. The summed E-state index contributed by atoms with van der Waals surface area (Å²) in [5.74, 6) is 0. The molecule has 20 heavy (non-hydrogen) atoms. The molecular formula is C11H13N2O5S2+. The largest absolute Gasteiger partial charge is 0.870 e. The highest BCUT2D eigenvalue weighted by Crippen LogP contribution is 1.94. The molecule has 0 aromatic carbocycles. The van der Waals surface area contributed by atoms with E-state index in [9.17, 15) is 16.8 Å². The molecule has 1 N–H and O–H groups in total. The van der Waals surface area contributed by atoms with Crippen molar-refractivity contribution in [3.05, 3.63) is 61.2 Å². The number of pyridine rings is 2. The standard InChI is InChI=1S/C11H12N2O4S2.H2O/c14-18(15,12-7-3-1-4-8-12)11-19(16,17)13-9-5-2-6-10-13;/h1-10H,11H2;1H2/q+2;/p-1. The van der Waals surface area contributed by atoms with E-state index in [-0.39, 0.29) is 5.48 Å². The van der Waals surface area contributed by atoms with E-state index in [4.69, 9.17) is 0 Å². The predicted octanol–water partition coefficient (Wildman–Crippen LogP) is -0.902. The minimum atomic E-state index is -3.96. The minimum absolute atomic E-state index is 0. The van der Waals surface area contributed by atoms with Crippen molar-refractivity contribution in [2.45, 2.75) is 0 Å². The summed E-state index contributed by atoms with van der Waals surface area (Å²) in [6.07, 6.45) is 5.17. The number of rotatable bonds is 4. The molecule has 0 aliphatic rings. The molecule has 0 saturated heterocycles. The van der Waals surface area contributed by atoms with Crippen LogP contribution in [0.25, 0.3) is 0 Å². The normalized spacial score (nSPS) is 11.6. The van der Waals surface area contributed by atoms with Crippen molar-refractivity contribution >= 4 is 20.0 Å². The number of hydrogen-bond acceptors (Lipinski definition) is 5. The molecular weight excluding hydrogens is 304 g/mol. The molecule has 0 spiro atoms. The first-order valence-corrected chi connectivity index (χ1v) is 8.53. The van der Waals surface area contributed by atoms with Gasteiger partial charge >= 0.3 is 20.0 Å². The van der Waals surface area contributed by atoms with Crippen molar-refractivity contribution in [2.75, 3.05) is 5.08 Å². The molecule has 2 aromatic rings. The van der Waals surface area contributed by atoms with Gasteiger partial charge in [0.15, 0.2) is 24.8 Å². The Morgan fingerprint density at radius 2 is 0.900 bits per heavy atom. The van der Waals surface area contributed by atoms with Gasteiger partial charge in [0.05, 0.1) is 0 Å². The van der Waals surface area contributed by atoms with Gasteiger partial charge in [0.25, 0.3) is 5.08 Å². The van der Waals surface area contributed by atoms with Crippen LogP contribution in [0.1, 0.15) is 0 Å². The zero-order valence-electron chi connectivity index (χ0n) is 10.3. The summed E-state index contributed by atoms with van der Waals surface area (Å²) in [7, 11) is -7.92. The number of aromatic nitrogens is 2. The molecule has 0 atom stereocenters. The van der Waals surface area contributed by atoms with Crippen LogP contribution >= 0.6 is 0 Å². The second kappa shape index (κ2) is 6.07. The Balaban J connectivity index is 0.00000200. The zero-order valence-corrected chi connectivity index (χ0v) is 11.9. The Bertz CT molecular complexity index is 691. The van der Waals surface area contributed by atoms with Gasteiger partial charge in [-0.1, -0.05) is 20.1 Å². The fourth-order valence-electron chi connectivity index (χ4n) is 1.45. The molecule has 2 heterocycles. The van der Waals surface area contributed by atoms with Crippen molar-refractivity contribution in [3.8, 4) is 0 Å². The van der Waals surface area contributed by atoms with Gasteiger partial charge in [0, 0.05) is 24.3 Å². The number of nitrogens with zero attached hydrogens (tertiary/aromatic N) is 2. The smallest absolute Gasteiger partial charge is 0.390 e. The maximum Gasteiger partial charge on any atom is 0.390 e.